The maximum absolute atomic E-state index is 12.4. The first-order chi connectivity index (χ1) is 14.3. The topological polar surface area (TPSA) is 115 Å². The molecular formula is C20H22N4O5S. The summed E-state index contributed by atoms with van der Waals surface area (Å²) in [6, 6.07) is 13.5. The molecule has 0 atom stereocenters. The van der Waals surface area contributed by atoms with Gasteiger partial charge in [-0.25, -0.2) is 12.7 Å². The average Bonchev–Trinajstić information content (AvgIpc) is 3.17. The Balaban J connectivity index is 1.60. The van der Waals surface area contributed by atoms with Crippen molar-refractivity contribution in [1.29, 1.82) is 0 Å². The predicted molar refractivity (Wildman–Crippen MR) is 109 cm³/mol. The summed E-state index contributed by atoms with van der Waals surface area (Å²) < 4.78 is 36.5. The molecule has 0 aliphatic heterocycles. The predicted octanol–water partition coefficient (Wildman–Crippen LogP) is 1.99. The number of amides is 1. The molecule has 0 aliphatic rings. The van der Waals surface area contributed by atoms with E-state index >= 15 is 0 Å². The second-order valence-corrected chi connectivity index (χ2v) is 8.75. The van der Waals surface area contributed by atoms with Gasteiger partial charge in [-0.15, -0.1) is 0 Å². The summed E-state index contributed by atoms with van der Waals surface area (Å²) in [6.45, 7) is 1.54. The number of sulfonamides is 1. The number of benzene rings is 2. The van der Waals surface area contributed by atoms with Gasteiger partial charge in [0, 0.05) is 33.1 Å². The van der Waals surface area contributed by atoms with Gasteiger partial charge in [0.05, 0.1) is 4.90 Å². The third kappa shape index (κ3) is 5.02. The molecule has 0 unspecified atom stereocenters. The molecule has 3 rings (SSSR count). The van der Waals surface area contributed by atoms with Crippen LogP contribution in [0.25, 0.3) is 11.4 Å². The number of nitrogens with zero attached hydrogens (tertiary/aromatic N) is 3. The molecule has 30 heavy (non-hydrogen) atoms. The van der Waals surface area contributed by atoms with Gasteiger partial charge in [-0.3, -0.25) is 4.79 Å². The summed E-state index contributed by atoms with van der Waals surface area (Å²) >= 11 is 0. The number of carbonyl (C=O) groups excluding carboxylic acids is 1. The fraction of sp³-hybridized carbons (Fsp3) is 0.250. The van der Waals surface area contributed by atoms with E-state index in [1.807, 2.05) is 0 Å². The molecule has 3 aromatic rings. The number of ether oxygens (including phenoxy) is 1. The van der Waals surface area contributed by atoms with Crippen molar-refractivity contribution in [3.63, 3.8) is 0 Å². The molecule has 0 bridgehead atoms. The van der Waals surface area contributed by atoms with Crippen molar-refractivity contribution in [2.75, 3.05) is 20.7 Å². The van der Waals surface area contributed by atoms with Gasteiger partial charge in [0.2, 0.25) is 21.7 Å². The van der Waals surface area contributed by atoms with Crippen LogP contribution >= 0.6 is 0 Å². The van der Waals surface area contributed by atoms with Gasteiger partial charge in [0.1, 0.15) is 5.75 Å². The smallest absolute Gasteiger partial charge is 0.258 e. The molecule has 0 radical (unpaired) electrons. The highest BCUT2D eigenvalue weighted by molar-refractivity contribution is 7.89. The van der Waals surface area contributed by atoms with Crippen molar-refractivity contribution < 1.29 is 22.5 Å². The van der Waals surface area contributed by atoms with Gasteiger partial charge in [-0.05, 0) is 23.8 Å². The lowest BCUT2D eigenvalue weighted by atomic mass is 10.2. The van der Waals surface area contributed by atoms with Crippen LogP contribution in [0.15, 0.2) is 57.9 Å². The van der Waals surface area contributed by atoms with E-state index in [4.69, 9.17) is 9.26 Å². The Hall–Kier alpha value is -3.24. The third-order valence-corrected chi connectivity index (χ3v) is 6.11. The zero-order valence-corrected chi connectivity index (χ0v) is 17.6. The van der Waals surface area contributed by atoms with E-state index in [9.17, 15) is 13.2 Å². The molecule has 0 saturated carbocycles. The lowest BCUT2D eigenvalue weighted by molar-refractivity contribution is -0.123. The molecule has 0 spiro atoms. The van der Waals surface area contributed by atoms with Crippen LogP contribution in [0.4, 0.5) is 0 Å². The average molecular weight is 430 g/mol. The number of carbonyl (C=O) groups is 1. The van der Waals surface area contributed by atoms with Crippen LogP contribution in [-0.2, 0) is 21.4 Å². The molecule has 2 aromatic carbocycles. The highest BCUT2D eigenvalue weighted by atomic mass is 32.2. The summed E-state index contributed by atoms with van der Waals surface area (Å²) in [5.41, 5.74) is 1.20. The lowest BCUT2D eigenvalue weighted by Crippen LogP contribution is -2.30. The minimum Gasteiger partial charge on any atom is -0.484 e. The molecule has 1 N–H and O–H groups in total. The number of hydrogen-bond acceptors (Lipinski definition) is 7. The van der Waals surface area contributed by atoms with Crippen LogP contribution in [0, 0.1) is 6.92 Å². The first-order valence-electron chi connectivity index (χ1n) is 9.08. The zero-order valence-electron chi connectivity index (χ0n) is 16.8. The summed E-state index contributed by atoms with van der Waals surface area (Å²) in [7, 11) is -0.687. The summed E-state index contributed by atoms with van der Waals surface area (Å²) in [6.07, 6.45) is 0. The van der Waals surface area contributed by atoms with Crippen LogP contribution in [0.3, 0.4) is 0 Å². The molecular weight excluding hydrogens is 408 g/mol. The normalized spacial score (nSPS) is 11.5. The van der Waals surface area contributed by atoms with Crippen LogP contribution in [0.5, 0.6) is 5.75 Å². The fourth-order valence-electron chi connectivity index (χ4n) is 2.63. The van der Waals surface area contributed by atoms with Crippen LogP contribution in [-0.4, -0.2) is 49.5 Å². The highest BCUT2D eigenvalue weighted by Gasteiger charge is 2.20. The molecule has 0 saturated heterocycles. The lowest BCUT2D eigenvalue weighted by Gasteiger charge is -2.15. The first kappa shape index (κ1) is 21.5. The number of aryl methyl sites for hydroxylation is 1. The van der Waals surface area contributed by atoms with Gasteiger partial charge in [0.25, 0.3) is 5.91 Å². The Morgan fingerprint density at radius 1 is 1.17 bits per heavy atom. The molecule has 10 heteroatoms. The Morgan fingerprint density at radius 3 is 2.63 bits per heavy atom. The van der Waals surface area contributed by atoms with Gasteiger partial charge >= 0.3 is 0 Å². The number of hydrogen-bond donors (Lipinski definition) is 1. The van der Waals surface area contributed by atoms with Crippen molar-refractivity contribution >= 4 is 15.9 Å². The van der Waals surface area contributed by atoms with E-state index in [0.29, 0.717) is 28.6 Å². The molecule has 1 amide bonds. The molecule has 9 nitrogen and oxygen atoms in total. The van der Waals surface area contributed by atoms with Crippen molar-refractivity contribution in [2.24, 2.45) is 0 Å². The number of nitrogens with one attached hydrogen (secondary N) is 1. The first-order valence-corrected chi connectivity index (χ1v) is 10.5. The fourth-order valence-corrected chi connectivity index (χ4v) is 3.75. The van der Waals surface area contributed by atoms with Crippen molar-refractivity contribution in [2.45, 2.75) is 18.4 Å². The molecule has 0 fully saturated rings. The van der Waals surface area contributed by atoms with E-state index in [1.165, 1.54) is 20.2 Å². The number of aromatic nitrogens is 2. The number of rotatable bonds is 8. The van der Waals surface area contributed by atoms with E-state index in [1.54, 1.807) is 49.4 Å². The Labute approximate surface area is 174 Å². The Bertz CT molecular complexity index is 1140. The SMILES string of the molecule is Cc1nc(-c2cccc(OCC(=O)NCc3ccccc3S(=O)(=O)N(C)C)c2)no1. The van der Waals surface area contributed by atoms with Crippen LogP contribution < -0.4 is 10.1 Å². The molecule has 0 aliphatic carbocycles. The van der Waals surface area contributed by atoms with E-state index in [2.05, 4.69) is 15.5 Å². The Kier molecular flexibility index (Phi) is 6.48. The second-order valence-electron chi connectivity index (χ2n) is 6.63. The zero-order chi connectivity index (χ0) is 21.7. The summed E-state index contributed by atoms with van der Waals surface area (Å²) in [5, 5.41) is 6.54. The van der Waals surface area contributed by atoms with Crippen molar-refractivity contribution in [3.05, 3.63) is 60.0 Å². The molecule has 1 aromatic heterocycles. The summed E-state index contributed by atoms with van der Waals surface area (Å²) in [5.74, 6) is 0.974. The standard InChI is InChI=1S/C20H22N4O5S/c1-14-22-20(23-29-14)15-8-6-9-17(11-15)28-13-19(25)21-12-16-7-4-5-10-18(16)30(26,27)24(2)3/h4-11H,12-13H2,1-3H3,(H,21,25). The van der Waals surface area contributed by atoms with Gasteiger partial charge in [-0.2, -0.15) is 4.98 Å². The van der Waals surface area contributed by atoms with Crippen LogP contribution in [0.1, 0.15) is 11.5 Å². The van der Waals surface area contributed by atoms with Gasteiger partial charge < -0.3 is 14.6 Å². The largest absolute Gasteiger partial charge is 0.484 e. The monoisotopic (exact) mass is 430 g/mol. The Morgan fingerprint density at radius 2 is 1.93 bits per heavy atom. The second kappa shape index (κ2) is 9.06. The van der Waals surface area contributed by atoms with Crippen molar-refractivity contribution in [3.8, 4) is 17.1 Å². The minimum absolute atomic E-state index is 0.0631. The highest BCUT2D eigenvalue weighted by Crippen LogP contribution is 2.21. The molecule has 158 valence electrons. The van der Waals surface area contributed by atoms with Gasteiger partial charge in [-0.1, -0.05) is 35.5 Å². The minimum atomic E-state index is -3.61. The molecule has 1 heterocycles. The third-order valence-electron chi connectivity index (χ3n) is 4.20. The quantitative estimate of drug-likeness (QED) is 0.581. The van der Waals surface area contributed by atoms with Crippen LogP contribution in [0.2, 0.25) is 0 Å². The summed E-state index contributed by atoms with van der Waals surface area (Å²) in [4.78, 5) is 16.5. The van der Waals surface area contributed by atoms with Gasteiger partial charge in [0.15, 0.2) is 6.61 Å². The van der Waals surface area contributed by atoms with E-state index in [0.717, 1.165) is 4.31 Å². The van der Waals surface area contributed by atoms with Crippen molar-refractivity contribution in [1.82, 2.24) is 19.8 Å². The maximum atomic E-state index is 12.4. The van der Waals surface area contributed by atoms with E-state index < -0.39 is 10.0 Å². The maximum Gasteiger partial charge on any atom is 0.258 e. The van der Waals surface area contributed by atoms with E-state index in [-0.39, 0.29) is 24.0 Å².